The number of benzene rings is 1. The van der Waals surface area contributed by atoms with Crippen molar-refractivity contribution in [1.82, 2.24) is 4.57 Å². The van der Waals surface area contributed by atoms with Crippen LogP contribution < -0.4 is 4.74 Å². The smallest absolute Gasteiger partial charge is 0.344 e. The fourth-order valence-electron chi connectivity index (χ4n) is 2.78. The minimum absolute atomic E-state index is 0.210. The van der Waals surface area contributed by atoms with Gasteiger partial charge in [-0.2, -0.15) is 0 Å². The molecular weight excluding hydrogens is 330 g/mol. The first-order valence-corrected chi connectivity index (χ1v) is 8.75. The normalized spacial score (nSPS) is 10.9. The minimum Gasteiger partial charge on any atom is -0.482 e. The Morgan fingerprint density at radius 3 is 2.35 bits per heavy atom. The number of carbonyl (C=O) groups is 2. The molecule has 5 nitrogen and oxygen atoms in total. The number of aryl methyl sites for hydroxylation is 2. The fourth-order valence-corrected chi connectivity index (χ4v) is 2.78. The zero-order valence-electron chi connectivity index (χ0n) is 16.4. The van der Waals surface area contributed by atoms with Crippen molar-refractivity contribution < 1.29 is 19.1 Å². The molecule has 2 rings (SSSR count). The van der Waals surface area contributed by atoms with Crippen molar-refractivity contribution in [2.24, 2.45) is 7.05 Å². The van der Waals surface area contributed by atoms with Crippen molar-refractivity contribution in [3.8, 4) is 5.75 Å². The molecule has 0 aliphatic carbocycles. The Bertz CT molecular complexity index is 818. The van der Waals surface area contributed by atoms with Gasteiger partial charge in [0.25, 0.3) is 0 Å². The van der Waals surface area contributed by atoms with Crippen LogP contribution in [0, 0.1) is 20.8 Å². The second-order valence-corrected chi connectivity index (χ2v) is 6.91. The van der Waals surface area contributed by atoms with Crippen molar-refractivity contribution in [2.75, 3.05) is 13.2 Å². The van der Waals surface area contributed by atoms with Gasteiger partial charge in [-0.3, -0.25) is 4.79 Å². The molecule has 0 N–H and O–H groups in total. The van der Waals surface area contributed by atoms with Crippen molar-refractivity contribution in [3.63, 3.8) is 0 Å². The Morgan fingerprint density at radius 1 is 1.08 bits per heavy atom. The molecule has 0 saturated heterocycles. The van der Waals surface area contributed by atoms with E-state index in [1.807, 2.05) is 56.7 Å². The summed E-state index contributed by atoms with van der Waals surface area (Å²) in [5, 5.41) is 0. The van der Waals surface area contributed by atoms with Gasteiger partial charge in [0.05, 0.1) is 0 Å². The highest BCUT2D eigenvalue weighted by atomic mass is 16.6. The zero-order chi connectivity index (χ0) is 19.4. The Morgan fingerprint density at radius 2 is 1.77 bits per heavy atom. The highest BCUT2D eigenvalue weighted by Crippen LogP contribution is 2.27. The number of hydrogen-bond donors (Lipinski definition) is 0. The average molecular weight is 357 g/mol. The van der Waals surface area contributed by atoms with Gasteiger partial charge < -0.3 is 14.0 Å². The number of rotatable bonds is 7. The maximum atomic E-state index is 12.3. The first-order valence-electron chi connectivity index (χ1n) is 8.75. The molecule has 1 heterocycles. The Labute approximate surface area is 154 Å². The van der Waals surface area contributed by atoms with Gasteiger partial charge in [-0.25, -0.2) is 4.79 Å². The second-order valence-electron chi connectivity index (χ2n) is 6.91. The summed E-state index contributed by atoms with van der Waals surface area (Å²) < 4.78 is 12.7. The molecule has 0 fully saturated rings. The van der Waals surface area contributed by atoms with Crippen LogP contribution in [-0.4, -0.2) is 29.5 Å². The average Bonchev–Trinajstić information content (AvgIpc) is 2.85. The topological polar surface area (TPSA) is 57.5 Å². The molecule has 0 amide bonds. The summed E-state index contributed by atoms with van der Waals surface area (Å²) in [5.74, 6) is 0.197. The quantitative estimate of drug-likeness (QED) is 0.557. The molecule has 1 aromatic carbocycles. The lowest BCUT2D eigenvalue weighted by atomic mass is 10.0. The van der Waals surface area contributed by atoms with E-state index in [0.717, 1.165) is 22.5 Å². The number of Topliss-reactive ketones (excluding diaryl/α,β-unsaturated/α-hetero) is 1. The van der Waals surface area contributed by atoms with E-state index in [-0.39, 0.29) is 24.9 Å². The summed E-state index contributed by atoms with van der Waals surface area (Å²) in [6, 6.07) is 7.74. The Hall–Kier alpha value is -2.56. The van der Waals surface area contributed by atoms with Crippen LogP contribution in [0.2, 0.25) is 0 Å². The number of nitrogens with zero attached hydrogens (tertiary/aromatic N) is 1. The molecular formula is C21H27NO4. The van der Waals surface area contributed by atoms with Crippen molar-refractivity contribution in [2.45, 2.75) is 40.5 Å². The molecule has 5 heteroatoms. The maximum Gasteiger partial charge on any atom is 0.344 e. The molecule has 140 valence electrons. The summed E-state index contributed by atoms with van der Waals surface area (Å²) in [5.41, 5.74) is 4.53. The minimum atomic E-state index is -0.556. The number of carbonyl (C=O) groups excluding carboxylic acids is 2. The SMILES string of the molecule is Cc1ccc(C(C)C)c(OCC(=O)OCC(=O)c2cc(C)n(C)c2C)c1. The largest absolute Gasteiger partial charge is 0.482 e. The molecule has 0 spiro atoms. The molecule has 1 aromatic heterocycles. The van der Waals surface area contributed by atoms with Crippen LogP contribution in [0.15, 0.2) is 24.3 Å². The van der Waals surface area contributed by atoms with Gasteiger partial charge in [0, 0.05) is 24.0 Å². The van der Waals surface area contributed by atoms with Gasteiger partial charge in [0.1, 0.15) is 5.75 Å². The van der Waals surface area contributed by atoms with Crippen LogP contribution in [0.5, 0.6) is 5.75 Å². The molecule has 0 atom stereocenters. The van der Waals surface area contributed by atoms with Gasteiger partial charge in [-0.05, 0) is 49.9 Å². The summed E-state index contributed by atoms with van der Waals surface area (Å²) in [6.07, 6.45) is 0. The Kier molecular flexibility index (Phi) is 6.24. The monoisotopic (exact) mass is 357 g/mol. The maximum absolute atomic E-state index is 12.3. The van der Waals surface area contributed by atoms with Gasteiger partial charge in [0.15, 0.2) is 13.2 Å². The predicted octanol–water partition coefficient (Wildman–Crippen LogP) is 3.88. The van der Waals surface area contributed by atoms with Crippen molar-refractivity contribution in [1.29, 1.82) is 0 Å². The van der Waals surface area contributed by atoms with Gasteiger partial charge in [0.2, 0.25) is 5.78 Å². The second kappa shape index (κ2) is 8.21. The fraction of sp³-hybridized carbons (Fsp3) is 0.429. The summed E-state index contributed by atoms with van der Waals surface area (Å²) in [6.45, 7) is 9.41. The third-order valence-electron chi connectivity index (χ3n) is 4.58. The van der Waals surface area contributed by atoms with E-state index in [4.69, 9.17) is 9.47 Å². The summed E-state index contributed by atoms with van der Waals surface area (Å²) in [7, 11) is 1.90. The van der Waals surface area contributed by atoms with E-state index in [9.17, 15) is 9.59 Å². The molecule has 0 saturated carbocycles. The van der Waals surface area contributed by atoms with Crippen LogP contribution in [-0.2, 0) is 16.6 Å². The first-order chi connectivity index (χ1) is 12.2. The van der Waals surface area contributed by atoms with Crippen LogP contribution in [0.4, 0.5) is 0 Å². The molecule has 26 heavy (non-hydrogen) atoms. The van der Waals surface area contributed by atoms with Gasteiger partial charge in [-0.15, -0.1) is 0 Å². The highest BCUT2D eigenvalue weighted by Gasteiger charge is 2.17. The first kappa shape index (κ1) is 19.8. The lowest BCUT2D eigenvalue weighted by Crippen LogP contribution is -2.20. The number of hydrogen-bond acceptors (Lipinski definition) is 4. The third kappa shape index (κ3) is 4.54. The highest BCUT2D eigenvalue weighted by molar-refractivity contribution is 5.99. The molecule has 2 aromatic rings. The van der Waals surface area contributed by atoms with Crippen molar-refractivity contribution in [3.05, 3.63) is 52.3 Å². The predicted molar refractivity (Wildman–Crippen MR) is 101 cm³/mol. The van der Waals surface area contributed by atoms with Gasteiger partial charge >= 0.3 is 5.97 Å². The van der Waals surface area contributed by atoms with Crippen LogP contribution in [0.25, 0.3) is 0 Å². The zero-order valence-corrected chi connectivity index (χ0v) is 16.4. The van der Waals surface area contributed by atoms with E-state index >= 15 is 0 Å². The van der Waals surface area contributed by atoms with Crippen LogP contribution >= 0.6 is 0 Å². The molecule has 0 aliphatic rings. The molecule has 0 aliphatic heterocycles. The lowest BCUT2D eigenvalue weighted by Gasteiger charge is -2.14. The standard InChI is InChI=1S/C21H27NO4/c1-13(2)17-8-7-14(3)9-20(17)25-12-21(24)26-11-19(23)18-10-15(4)22(6)16(18)5/h7-10,13H,11-12H2,1-6H3. The number of ketones is 1. The number of ether oxygens (including phenoxy) is 2. The van der Waals surface area contributed by atoms with E-state index in [1.54, 1.807) is 0 Å². The van der Waals surface area contributed by atoms with Crippen LogP contribution in [0.1, 0.15) is 52.6 Å². The summed E-state index contributed by atoms with van der Waals surface area (Å²) in [4.78, 5) is 24.2. The number of aromatic nitrogens is 1. The Balaban J connectivity index is 1.93. The third-order valence-corrected chi connectivity index (χ3v) is 4.58. The van der Waals surface area contributed by atoms with E-state index < -0.39 is 5.97 Å². The molecule has 0 unspecified atom stereocenters. The van der Waals surface area contributed by atoms with E-state index in [0.29, 0.717) is 11.3 Å². The lowest BCUT2D eigenvalue weighted by molar-refractivity contribution is -0.144. The summed E-state index contributed by atoms with van der Waals surface area (Å²) >= 11 is 0. The molecule has 0 bridgehead atoms. The number of esters is 1. The van der Waals surface area contributed by atoms with E-state index in [2.05, 4.69) is 13.8 Å². The van der Waals surface area contributed by atoms with E-state index in [1.165, 1.54) is 0 Å². The molecule has 0 radical (unpaired) electrons. The van der Waals surface area contributed by atoms with Crippen LogP contribution in [0.3, 0.4) is 0 Å². The van der Waals surface area contributed by atoms with Gasteiger partial charge in [-0.1, -0.05) is 26.0 Å². The van der Waals surface area contributed by atoms with Crippen molar-refractivity contribution >= 4 is 11.8 Å².